The average molecular weight is 564 g/mol. The molecule has 0 aliphatic heterocycles. The quantitative estimate of drug-likeness (QED) is 0.181. The second kappa shape index (κ2) is 12.9. The summed E-state index contributed by atoms with van der Waals surface area (Å²) in [6, 6.07) is 31.4. The second-order valence-electron chi connectivity index (χ2n) is 12.0. The van der Waals surface area contributed by atoms with Crippen molar-refractivity contribution >= 4 is 27.2 Å². The third-order valence-electron chi connectivity index (χ3n) is 8.72. The van der Waals surface area contributed by atoms with Gasteiger partial charge >= 0.3 is 0 Å². The minimum atomic E-state index is -0.0423. The van der Waals surface area contributed by atoms with Gasteiger partial charge in [-0.3, -0.25) is 0 Å². The molecule has 0 radical (unpaired) electrons. The number of hydrogen-bond acceptors (Lipinski definition) is 0. The van der Waals surface area contributed by atoms with Crippen molar-refractivity contribution in [1.82, 2.24) is 4.57 Å². The van der Waals surface area contributed by atoms with E-state index in [0.29, 0.717) is 0 Å². The van der Waals surface area contributed by atoms with Crippen molar-refractivity contribution in [3.05, 3.63) is 144 Å². The van der Waals surface area contributed by atoms with Gasteiger partial charge in [0.25, 0.3) is 0 Å². The normalized spacial score (nSPS) is 14.4. The Kier molecular flexibility index (Phi) is 9.02. The van der Waals surface area contributed by atoms with E-state index in [2.05, 4.69) is 174 Å². The van der Waals surface area contributed by atoms with Crippen molar-refractivity contribution < 1.29 is 0 Å². The monoisotopic (exact) mass is 563 g/mol. The summed E-state index contributed by atoms with van der Waals surface area (Å²) in [4.78, 5) is 0. The van der Waals surface area contributed by atoms with Crippen LogP contribution in [0.1, 0.15) is 78.0 Å². The molecule has 1 heteroatoms. The molecule has 4 aromatic carbocycles. The maximum absolute atomic E-state index is 2.51. The maximum atomic E-state index is 2.51. The van der Waals surface area contributed by atoms with E-state index in [0.717, 1.165) is 12.8 Å². The number of rotatable bonds is 6. The van der Waals surface area contributed by atoms with Gasteiger partial charge in [-0.2, -0.15) is 0 Å². The summed E-state index contributed by atoms with van der Waals surface area (Å²) in [5, 5.41) is 3.94. The molecular formula is C42H45N. The van der Waals surface area contributed by atoms with Crippen molar-refractivity contribution in [3.8, 4) is 16.9 Å². The lowest BCUT2D eigenvalue weighted by Gasteiger charge is -2.21. The van der Waals surface area contributed by atoms with Gasteiger partial charge in [0.05, 0.1) is 11.2 Å². The fourth-order valence-corrected chi connectivity index (χ4v) is 6.42. The van der Waals surface area contributed by atoms with Gasteiger partial charge in [-0.05, 0) is 73.4 Å². The van der Waals surface area contributed by atoms with Gasteiger partial charge in [0.2, 0.25) is 0 Å². The van der Waals surface area contributed by atoms with Crippen LogP contribution in [0.5, 0.6) is 0 Å². The maximum Gasteiger partial charge on any atom is 0.0616 e. The molecule has 1 nitrogen and oxygen atoms in total. The summed E-state index contributed by atoms with van der Waals surface area (Å²) in [6.07, 6.45) is 15.1. The van der Waals surface area contributed by atoms with E-state index in [-0.39, 0.29) is 5.41 Å². The van der Waals surface area contributed by atoms with Crippen molar-refractivity contribution in [3.63, 3.8) is 0 Å². The minimum absolute atomic E-state index is 0.0423. The van der Waals surface area contributed by atoms with Crippen LogP contribution in [0, 0.1) is 0 Å². The SMILES string of the molecule is C/C=C(\C)c1ccc(-n2c3c(c4ccc5ccccc5c42)C(C)(C)c2ccccc2-3)cc1.CC\C=C/C=C\C(C)=C/CC. The van der Waals surface area contributed by atoms with Crippen LogP contribution in [-0.2, 0) is 5.41 Å². The first kappa shape index (κ1) is 30.1. The van der Waals surface area contributed by atoms with Crippen LogP contribution in [0.3, 0.4) is 0 Å². The van der Waals surface area contributed by atoms with Crippen LogP contribution < -0.4 is 0 Å². The first-order valence-electron chi connectivity index (χ1n) is 15.7. The number of aromatic nitrogens is 1. The Morgan fingerprint density at radius 2 is 1.49 bits per heavy atom. The molecule has 0 atom stereocenters. The van der Waals surface area contributed by atoms with Crippen LogP contribution in [0.2, 0.25) is 0 Å². The van der Waals surface area contributed by atoms with Crippen LogP contribution in [0.25, 0.3) is 44.2 Å². The minimum Gasteiger partial charge on any atom is -0.308 e. The average Bonchev–Trinajstić information content (AvgIpc) is 3.50. The molecule has 218 valence electrons. The Hall–Kier alpha value is -4.36. The fourth-order valence-electron chi connectivity index (χ4n) is 6.42. The molecule has 0 fully saturated rings. The van der Waals surface area contributed by atoms with Gasteiger partial charge in [0.1, 0.15) is 0 Å². The zero-order chi connectivity index (χ0) is 30.6. The van der Waals surface area contributed by atoms with Crippen molar-refractivity contribution in [1.29, 1.82) is 0 Å². The van der Waals surface area contributed by atoms with Gasteiger partial charge in [-0.1, -0.05) is 143 Å². The van der Waals surface area contributed by atoms with E-state index in [4.69, 9.17) is 0 Å². The van der Waals surface area contributed by atoms with E-state index >= 15 is 0 Å². The van der Waals surface area contributed by atoms with Gasteiger partial charge in [0, 0.05) is 27.4 Å². The van der Waals surface area contributed by atoms with Crippen molar-refractivity contribution in [2.45, 2.75) is 66.7 Å². The topological polar surface area (TPSA) is 4.93 Å². The van der Waals surface area contributed by atoms with Gasteiger partial charge < -0.3 is 4.57 Å². The lowest BCUT2D eigenvalue weighted by molar-refractivity contribution is 0.666. The standard InChI is InChI=1S/C31H27N.C11H18/c1-5-20(2)21-14-17-23(18-15-21)32-29-24-11-7-6-10-22(24)16-19-26(29)28-30(32)25-12-8-9-13-27(25)31(28,3)4;1-4-6-7-8-10-11(3)9-5-2/h5-19H,1-4H3;6-10H,4-5H2,1-3H3/b20-5+;7-6-,10-8-,11-9-. The molecular weight excluding hydrogens is 518 g/mol. The van der Waals surface area contributed by atoms with Crippen LogP contribution in [-0.4, -0.2) is 4.57 Å². The first-order chi connectivity index (χ1) is 20.8. The summed E-state index contributed by atoms with van der Waals surface area (Å²) < 4.78 is 2.51. The van der Waals surface area contributed by atoms with Gasteiger partial charge in [-0.15, -0.1) is 0 Å². The van der Waals surface area contributed by atoms with E-state index in [1.807, 2.05) is 0 Å². The van der Waals surface area contributed by atoms with E-state index in [1.165, 1.54) is 66.5 Å². The molecule has 0 amide bonds. The molecule has 0 saturated heterocycles. The number of benzene rings is 4. The second-order valence-corrected chi connectivity index (χ2v) is 12.0. The van der Waals surface area contributed by atoms with Gasteiger partial charge in [0.15, 0.2) is 0 Å². The highest BCUT2D eigenvalue weighted by molar-refractivity contribution is 6.12. The van der Waals surface area contributed by atoms with Crippen LogP contribution in [0.15, 0.2) is 127 Å². The number of hydrogen-bond donors (Lipinski definition) is 0. The molecule has 0 N–H and O–H groups in total. The highest BCUT2D eigenvalue weighted by atomic mass is 15.0. The van der Waals surface area contributed by atoms with Crippen molar-refractivity contribution in [2.24, 2.45) is 0 Å². The summed E-state index contributed by atoms with van der Waals surface area (Å²) in [6.45, 7) is 15.4. The smallest absolute Gasteiger partial charge is 0.0616 e. The Morgan fingerprint density at radius 1 is 0.767 bits per heavy atom. The molecule has 6 rings (SSSR count). The summed E-state index contributed by atoms with van der Waals surface area (Å²) in [7, 11) is 0. The van der Waals surface area contributed by atoms with E-state index in [1.54, 1.807) is 0 Å². The van der Waals surface area contributed by atoms with Crippen LogP contribution >= 0.6 is 0 Å². The van der Waals surface area contributed by atoms with E-state index in [9.17, 15) is 0 Å². The number of allylic oxidation sites excluding steroid dienone is 8. The van der Waals surface area contributed by atoms with Crippen molar-refractivity contribution in [2.75, 3.05) is 0 Å². The van der Waals surface area contributed by atoms with Crippen LogP contribution in [0.4, 0.5) is 0 Å². The lowest BCUT2D eigenvalue weighted by Crippen LogP contribution is -2.14. The molecule has 1 aliphatic rings. The third kappa shape index (κ3) is 5.69. The molecule has 1 aromatic heterocycles. The molecule has 5 aromatic rings. The Bertz CT molecular complexity index is 1870. The molecule has 0 spiro atoms. The Morgan fingerprint density at radius 3 is 2.21 bits per heavy atom. The lowest BCUT2D eigenvalue weighted by atomic mass is 9.81. The number of nitrogens with zero attached hydrogens (tertiary/aromatic N) is 1. The fraction of sp³-hybridized carbons (Fsp3) is 0.238. The predicted octanol–water partition coefficient (Wildman–Crippen LogP) is 12.4. The molecule has 1 aliphatic carbocycles. The summed E-state index contributed by atoms with van der Waals surface area (Å²) in [5.41, 5.74) is 11.9. The molecule has 0 unspecified atom stereocenters. The molecule has 43 heavy (non-hydrogen) atoms. The molecule has 0 saturated carbocycles. The first-order valence-corrected chi connectivity index (χ1v) is 15.7. The largest absolute Gasteiger partial charge is 0.308 e. The molecule has 1 heterocycles. The zero-order valence-corrected chi connectivity index (χ0v) is 26.9. The zero-order valence-electron chi connectivity index (χ0n) is 26.9. The Labute approximate surface area is 258 Å². The number of fused-ring (bicyclic) bond motifs is 7. The highest BCUT2D eigenvalue weighted by Crippen LogP contribution is 2.54. The highest BCUT2D eigenvalue weighted by Gasteiger charge is 2.40. The summed E-state index contributed by atoms with van der Waals surface area (Å²) >= 11 is 0. The van der Waals surface area contributed by atoms with E-state index < -0.39 is 0 Å². The van der Waals surface area contributed by atoms with Gasteiger partial charge in [-0.25, -0.2) is 0 Å². The Balaban J connectivity index is 0.000000288. The predicted molar refractivity (Wildman–Crippen MR) is 190 cm³/mol. The third-order valence-corrected chi connectivity index (χ3v) is 8.72. The summed E-state index contributed by atoms with van der Waals surface area (Å²) in [5.74, 6) is 0. The molecule has 0 bridgehead atoms.